The Balaban J connectivity index is 1.89. The van der Waals surface area contributed by atoms with E-state index < -0.39 is 0 Å². The quantitative estimate of drug-likeness (QED) is 0.796. The predicted octanol–water partition coefficient (Wildman–Crippen LogP) is 1.30. The molecular weight excluding hydrogens is 252 g/mol. The molecular formula is C14H22N6. The minimum atomic E-state index is 0.492. The van der Waals surface area contributed by atoms with E-state index in [1.54, 1.807) is 0 Å². The van der Waals surface area contributed by atoms with Crippen molar-refractivity contribution in [3.8, 4) is 11.4 Å². The number of nitrogens with zero attached hydrogens (tertiary/aromatic N) is 4. The molecule has 6 nitrogen and oxygen atoms in total. The van der Waals surface area contributed by atoms with Gasteiger partial charge in [0.1, 0.15) is 0 Å². The molecule has 0 fully saturated rings. The van der Waals surface area contributed by atoms with Crippen LogP contribution in [0.4, 0.5) is 0 Å². The lowest BCUT2D eigenvalue weighted by molar-refractivity contribution is 0.365. The van der Waals surface area contributed by atoms with Crippen molar-refractivity contribution in [1.82, 2.24) is 30.8 Å². The summed E-state index contributed by atoms with van der Waals surface area (Å²) in [6.45, 7) is 4.16. The van der Waals surface area contributed by atoms with Crippen molar-refractivity contribution in [1.29, 1.82) is 0 Å². The van der Waals surface area contributed by atoms with E-state index in [0.717, 1.165) is 25.1 Å². The van der Waals surface area contributed by atoms with Crippen molar-refractivity contribution in [2.75, 3.05) is 20.6 Å². The number of hydrogen-bond acceptors (Lipinski definition) is 5. The van der Waals surface area contributed by atoms with Crippen LogP contribution in [0.3, 0.4) is 0 Å². The second-order valence-corrected chi connectivity index (χ2v) is 5.31. The summed E-state index contributed by atoms with van der Waals surface area (Å²) in [5, 5.41) is 17.6. The molecule has 1 aromatic heterocycles. The van der Waals surface area contributed by atoms with Crippen LogP contribution in [0, 0.1) is 0 Å². The molecule has 1 atom stereocenters. The minimum absolute atomic E-state index is 0.492. The fraction of sp³-hybridized carbons (Fsp3) is 0.500. The van der Waals surface area contributed by atoms with Crippen molar-refractivity contribution < 1.29 is 0 Å². The summed E-state index contributed by atoms with van der Waals surface area (Å²) in [5.41, 5.74) is 2.21. The van der Waals surface area contributed by atoms with Crippen LogP contribution in [0.2, 0.25) is 0 Å². The molecule has 1 aromatic carbocycles. The maximum absolute atomic E-state index is 4.00. The van der Waals surface area contributed by atoms with Gasteiger partial charge in [0.25, 0.3) is 0 Å². The van der Waals surface area contributed by atoms with Gasteiger partial charge in [-0.2, -0.15) is 5.21 Å². The van der Waals surface area contributed by atoms with Gasteiger partial charge in [0, 0.05) is 18.2 Å². The van der Waals surface area contributed by atoms with Crippen molar-refractivity contribution >= 4 is 0 Å². The molecule has 0 aliphatic rings. The Morgan fingerprint density at radius 3 is 2.90 bits per heavy atom. The summed E-state index contributed by atoms with van der Waals surface area (Å²) in [4.78, 5) is 2.20. The molecule has 20 heavy (non-hydrogen) atoms. The normalized spacial score (nSPS) is 12.8. The summed E-state index contributed by atoms with van der Waals surface area (Å²) >= 11 is 0. The third kappa shape index (κ3) is 4.40. The first-order chi connectivity index (χ1) is 9.65. The zero-order valence-electron chi connectivity index (χ0n) is 12.3. The highest BCUT2D eigenvalue weighted by Crippen LogP contribution is 2.14. The first kappa shape index (κ1) is 14.6. The second kappa shape index (κ2) is 7.12. The molecule has 1 heterocycles. The van der Waals surface area contributed by atoms with Crippen LogP contribution in [0.1, 0.15) is 18.9 Å². The van der Waals surface area contributed by atoms with E-state index in [1.807, 2.05) is 12.1 Å². The lowest BCUT2D eigenvalue weighted by Gasteiger charge is -2.16. The van der Waals surface area contributed by atoms with Crippen LogP contribution in [0.15, 0.2) is 24.3 Å². The largest absolute Gasteiger partial charge is 0.310 e. The van der Waals surface area contributed by atoms with Crippen LogP contribution >= 0.6 is 0 Å². The Morgan fingerprint density at radius 1 is 1.35 bits per heavy atom. The van der Waals surface area contributed by atoms with Crippen molar-refractivity contribution in [2.45, 2.75) is 25.9 Å². The van der Waals surface area contributed by atoms with Crippen molar-refractivity contribution in [3.63, 3.8) is 0 Å². The highest BCUT2D eigenvalue weighted by molar-refractivity contribution is 5.54. The SMILES string of the molecule is C[C@@H](CCN(C)C)NCc1cccc(-c2nn[nH]n2)c1. The van der Waals surface area contributed by atoms with Crippen LogP contribution < -0.4 is 5.32 Å². The van der Waals surface area contributed by atoms with E-state index >= 15 is 0 Å². The van der Waals surface area contributed by atoms with Gasteiger partial charge in [0.2, 0.25) is 5.82 Å². The number of nitrogens with one attached hydrogen (secondary N) is 2. The molecule has 0 amide bonds. The molecule has 2 rings (SSSR count). The zero-order valence-corrected chi connectivity index (χ0v) is 12.3. The number of tetrazole rings is 1. The Morgan fingerprint density at radius 2 is 2.20 bits per heavy atom. The maximum atomic E-state index is 4.00. The Kier molecular flexibility index (Phi) is 5.20. The summed E-state index contributed by atoms with van der Waals surface area (Å²) < 4.78 is 0. The topological polar surface area (TPSA) is 69.7 Å². The molecule has 6 heteroatoms. The number of benzene rings is 1. The van der Waals surface area contributed by atoms with E-state index in [4.69, 9.17) is 0 Å². The Hall–Kier alpha value is -1.79. The van der Waals surface area contributed by atoms with Crippen LogP contribution in [0.25, 0.3) is 11.4 Å². The summed E-state index contributed by atoms with van der Waals surface area (Å²) in [6, 6.07) is 8.70. The third-order valence-corrected chi connectivity index (χ3v) is 3.19. The average Bonchev–Trinajstić information content (AvgIpc) is 2.97. The van der Waals surface area contributed by atoms with E-state index in [1.165, 1.54) is 5.56 Å². The lowest BCUT2D eigenvalue weighted by atomic mass is 10.1. The Bertz CT molecular complexity index is 508. The fourth-order valence-electron chi connectivity index (χ4n) is 1.95. The van der Waals surface area contributed by atoms with Gasteiger partial charge < -0.3 is 10.2 Å². The number of aromatic nitrogens is 4. The minimum Gasteiger partial charge on any atom is -0.310 e. The summed E-state index contributed by atoms with van der Waals surface area (Å²) in [5.74, 6) is 0.632. The molecule has 108 valence electrons. The standard InChI is InChI=1S/C14H22N6/c1-11(7-8-20(2)3)15-10-12-5-4-6-13(9-12)14-16-18-19-17-14/h4-6,9,11,15H,7-8,10H2,1-3H3,(H,16,17,18,19)/t11-/m0/s1. The highest BCUT2D eigenvalue weighted by atomic mass is 15.5. The van der Waals surface area contributed by atoms with Crippen molar-refractivity contribution in [3.05, 3.63) is 29.8 Å². The van der Waals surface area contributed by atoms with E-state index in [9.17, 15) is 0 Å². The van der Waals surface area contributed by atoms with Gasteiger partial charge in [-0.05, 0) is 50.8 Å². The molecule has 0 spiro atoms. The summed E-state index contributed by atoms with van der Waals surface area (Å²) in [6.07, 6.45) is 1.14. The van der Waals surface area contributed by atoms with Gasteiger partial charge in [-0.3, -0.25) is 0 Å². The molecule has 0 aliphatic heterocycles. The molecule has 2 N–H and O–H groups in total. The first-order valence-electron chi connectivity index (χ1n) is 6.86. The number of H-pyrrole nitrogens is 1. The van der Waals surface area contributed by atoms with Gasteiger partial charge in [0.15, 0.2) is 0 Å². The van der Waals surface area contributed by atoms with Gasteiger partial charge in [0.05, 0.1) is 0 Å². The predicted molar refractivity (Wildman–Crippen MR) is 79.1 cm³/mol. The van der Waals surface area contributed by atoms with Crippen molar-refractivity contribution in [2.24, 2.45) is 0 Å². The number of hydrogen-bond donors (Lipinski definition) is 2. The summed E-state index contributed by atoms with van der Waals surface area (Å²) in [7, 11) is 4.20. The fourth-order valence-corrected chi connectivity index (χ4v) is 1.95. The smallest absolute Gasteiger partial charge is 0.204 e. The molecule has 0 aliphatic carbocycles. The van der Waals surface area contributed by atoms with Gasteiger partial charge in [-0.25, -0.2) is 0 Å². The molecule has 0 radical (unpaired) electrons. The van der Waals surface area contributed by atoms with Crippen LogP contribution in [0.5, 0.6) is 0 Å². The molecule has 0 unspecified atom stereocenters. The number of rotatable bonds is 7. The highest BCUT2D eigenvalue weighted by Gasteiger charge is 2.05. The maximum Gasteiger partial charge on any atom is 0.204 e. The van der Waals surface area contributed by atoms with Crippen LogP contribution in [-0.4, -0.2) is 52.2 Å². The zero-order chi connectivity index (χ0) is 14.4. The van der Waals surface area contributed by atoms with Gasteiger partial charge in [-0.1, -0.05) is 18.2 Å². The second-order valence-electron chi connectivity index (χ2n) is 5.31. The molecule has 0 saturated carbocycles. The van der Waals surface area contributed by atoms with E-state index in [-0.39, 0.29) is 0 Å². The monoisotopic (exact) mass is 274 g/mol. The lowest BCUT2D eigenvalue weighted by Crippen LogP contribution is -2.29. The first-order valence-corrected chi connectivity index (χ1v) is 6.86. The van der Waals surface area contributed by atoms with E-state index in [0.29, 0.717) is 11.9 Å². The van der Waals surface area contributed by atoms with E-state index in [2.05, 4.69) is 64.0 Å². The van der Waals surface area contributed by atoms with Gasteiger partial charge in [-0.15, -0.1) is 10.2 Å². The van der Waals surface area contributed by atoms with Gasteiger partial charge >= 0.3 is 0 Å². The molecule has 0 saturated heterocycles. The molecule has 2 aromatic rings. The third-order valence-electron chi connectivity index (χ3n) is 3.19. The Labute approximate surface area is 119 Å². The number of aromatic amines is 1. The average molecular weight is 274 g/mol. The molecule has 0 bridgehead atoms. The van der Waals surface area contributed by atoms with Crippen LogP contribution in [-0.2, 0) is 6.54 Å².